The molecule has 0 saturated heterocycles. The van der Waals surface area contributed by atoms with Gasteiger partial charge in [-0.2, -0.15) is 4.91 Å². The van der Waals surface area contributed by atoms with Crippen molar-refractivity contribution >= 4 is 39.5 Å². The molecule has 0 atom stereocenters. The van der Waals surface area contributed by atoms with Crippen molar-refractivity contribution in [2.75, 3.05) is 5.75 Å². The number of rotatable bonds is 5. The number of carboxylic acid groups (broad SMARTS) is 1. The Morgan fingerprint density at radius 3 is 2.91 bits per heavy atom. The van der Waals surface area contributed by atoms with Crippen LogP contribution in [0.3, 0.4) is 0 Å². The van der Waals surface area contributed by atoms with Crippen molar-refractivity contribution in [3.05, 3.63) is 47.1 Å². The van der Waals surface area contributed by atoms with Crippen molar-refractivity contribution in [1.29, 1.82) is 0 Å². The van der Waals surface area contributed by atoms with Crippen molar-refractivity contribution in [3.63, 3.8) is 0 Å². The van der Waals surface area contributed by atoms with Crippen molar-refractivity contribution < 1.29 is 9.90 Å². The van der Waals surface area contributed by atoms with Gasteiger partial charge in [0.2, 0.25) is 0 Å². The van der Waals surface area contributed by atoms with Crippen LogP contribution < -0.4 is 0 Å². The van der Waals surface area contributed by atoms with Gasteiger partial charge in [0.05, 0.1) is 22.5 Å². The molecule has 110 valence electrons. The largest absolute Gasteiger partial charge is 0.481 e. The maximum atomic E-state index is 10.8. The first-order valence-electron chi connectivity index (χ1n) is 6.50. The molecule has 2 aromatic heterocycles. The second-order valence-electron chi connectivity index (χ2n) is 4.62. The summed E-state index contributed by atoms with van der Waals surface area (Å²) in [7, 11) is 0. The molecule has 22 heavy (non-hydrogen) atoms. The summed E-state index contributed by atoms with van der Waals surface area (Å²) in [6, 6.07) is 9.30. The fourth-order valence-electron chi connectivity index (χ4n) is 2.25. The van der Waals surface area contributed by atoms with Crippen LogP contribution in [0.1, 0.15) is 5.69 Å². The number of carbonyl (C=O) groups is 1. The van der Waals surface area contributed by atoms with Gasteiger partial charge < -0.3 is 5.11 Å². The van der Waals surface area contributed by atoms with Crippen molar-refractivity contribution in [3.8, 4) is 0 Å². The summed E-state index contributed by atoms with van der Waals surface area (Å²) in [5, 5.41) is 13.5. The molecular formula is C15H11N3O3S. The lowest BCUT2D eigenvalue weighted by atomic mass is 10.1. The van der Waals surface area contributed by atoms with Gasteiger partial charge in [0.25, 0.3) is 0 Å². The van der Waals surface area contributed by atoms with Crippen LogP contribution in [0.5, 0.6) is 0 Å². The van der Waals surface area contributed by atoms with Crippen molar-refractivity contribution in [2.45, 2.75) is 11.4 Å². The average molecular weight is 313 g/mol. The van der Waals surface area contributed by atoms with Crippen LogP contribution in [-0.2, 0) is 11.3 Å². The van der Waals surface area contributed by atoms with Gasteiger partial charge in [-0.05, 0) is 12.1 Å². The number of hydrogen-bond donors (Lipinski definition) is 1. The molecule has 0 unspecified atom stereocenters. The summed E-state index contributed by atoms with van der Waals surface area (Å²) < 4.78 is 0. The number of hydrogen-bond acceptors (Lipinski definition) is 6. The van der Waals surface area contributed by atoms with Crippen LogP contribution >= 0.6 is 11.8 Å². The van der Waals surface area contributed by atoms with E-state index in [0.717, 1.165) is 21.2 Å². The molecule has 0 spiro atoms. The van der Waals surface area contributed by atoms with Crippen LogP contribution in [-0.4, -0.2) is 26.8 Å². The molecule has 3 rings (SSSR count). The highest BCUT2D eigenvalue weighted by atomic mass is 32.2. The molecule has 0 amide bonds. The number of aromatic nitrogens is 2. The van der Waals surface area contributed by atoms with Gasteiger partial charge in [0.15, 0.2) is 0 Å². The minimum Gasteiger partial charge on any atom is -0.481 e. The van der Waals surface area contributed by atoms with E-state index in [2.05, 4.69) is 15.1 Å². The van der Waals surface area contributed by atoms with E-state index in [-0.39, 0.29) is 12.3 Å². The summed E-state index contributed by atoms with van der Waals surface area (Å²) in [5.41, 5.74) is 1.89. The normalized spacial score (nSPS) is 10.9. The van der Waals surface area contributed by atoms with Crippen molar-refractivity contribution in [2.24, 2.45) is 5.18 Å². The number of thioether (sulfide) groups is 1. The highest BCUT2D eigenvalue weighted by Gasteiger charge is 2.11. The fraction of sp³-hybridized carbons (Fsp3) is 0.133. The summed E-state index contributed by atoms with van der Waals surface area (Å²) >= 11 is 1.20. The number of nitrogens with zero attached hydrogens (tertiary/aromatic N) is 3. The minimum atomic E-state index is -0.899. The highest BCUT2D eigenvalue weighted by Crippen LogP contribution is 2.31. The quantitative estimate of drug-likeness (QED) is 0.441. The first-order chi connectivity index (χ1) is 10.7. The Balaban J connectivity index is 2.25. The molecule has 0 aliphatic carbocycles. The number of carboxylic acids is 1. The standard InChI is InChI=1S/C15H11N3O3S/c19-13(20)8-22-12-6-10(7-17-21)18-15-11(12)4-3-9-2-1-5-16-14(9)15/h1-6H,7-8H2,(H,19,20). The molecule has 7 heteroatoms. The minimum absolute atomic E-state index is 0.0558. The van der Waals surface area contributed by atoms with Gasteiger partial charge in [-0.25, -0.2) is 4.98 Å². The maximum absolute atomic E-state index is 10.8. The Bertz CT molecular complexity index is 882. The molecule has 0 aliphatic rings. The zero-order chi connectivity index (χ0) is 15.5. The maximum Gasteiger partial charge on any atom is 0.313 e. The SMILES string of the molecule is O=NCc1cc(SCC(=O)O)c2ccc3cccnc3c2n1. The highest BCUT2D eigenvalue weighted by molar-refractivity contribution is 8.00. The van der Waals surface area contributed by atoms with E-state index in [9.17, 15) is 9.70 Å². The fourth-order valence-corrected chi connectivity index (χ4v) is 3.07. The molecule has 0 saturated carbocycles. The lowest BCUT2D eigenvalue weighted by Crippen LogP contribution is -1.99. The van der Waals surface area contributed by atoms with E-state index in [1.165, 1.54) is 11.8 Å². The van der Waals surface area contributed by atoms with E-state index in [1.54, 1.807) is 12.3 Å². The monoisotopic (exact) mass is 313 g/mol. The summed E-state index contributed by atoms with van der Waals surface area (Å²) in [4.78, 5) is 30.9. The first kappa shape index (κ1) is 14.4. The molecule has 0 aliphatic heterocycles. The number of benzene rings is 1. The van der Waals surface area contributed by atoms with E-state index < -0.39 is 5.97 Å². The topological polar surface area (TPSA) is 92.5 Å². The second-order valence-corrected chi connectivity index (χ2v) is 5.64. The lowest BCUT2D eigenvalue weighted by molar-refractivity contribution is -0.133. The number of aliphatic carboxylic acids is 1. The van der Waals surface area contributed by atoms with Gasteiger partial charge in [0.1, 0.15) is 6.54 Å². The third-order valence-electron chi connectivity index (χ3n) is 3.14. The molecule has 2 heterocycles. The van der Waals surface area contributed by atoms with E-state index in [0.29, 0.717) is 11.2 Å². The number of fused-ring (bicyclic) bond motifs is 3. The van der Waals surface area contributed by atoms with Crippen LogP contribution in [0, 0.1) is 4.91 Å². The molecule has 0 radical (unpaired) electrons. The van der Waals surface area contributed by atoms with Crippen LogP contribution in [0.15, 0.2) is 46.6 Å². The molecule has 0 bridgehead atoms. The Hall–Kier alpha value is -2.54. The van der Waals surface area contributed by atoms with Crippen LogP contribution in [0.4, 0.5) is 0 Å². The Labute approximate surface area is 129 Å². The van der Waals surface area contributed by atoms with E-state index in [1.807, 2.05) is 24.3 Å². The second kappa shape index (κ2) is 6.07. The Kier molecular flexibility index (Phi) is 3.97. The van der Waals surface area contributed by atoms with Gasteiger partial charge in [-0.15, -0.1) is 11.8 Å². The molecule has 3 aromatic rings. The Morgan fingerprint density at radius 1 is 1.27 bits per heavy atom. The molecule has 6 nitrogen and oxygen atoms in total. The van der Waals surface area contributed by atoms with E-state index >= 15 is 0 Å². The summed E-state index contributed by atoms with van der Waals surface area (Å²) in [6.45, 7) is -0.0558. The van der Waals surface area contributed by atoms with E-state index in [4.69, 9.17) is 5.11 Å². The predicted octanol–water partition coefficient (Wildman–Crippen LogP) is 3.23. The van der Waals surface area contributed by atoms with Gasteiger partial charge in [-0.1, -0.05) is 23.4 Å². The third-order valence-corrected chi connectivity index (χ3v) is 4.18. The van der Waals surface area contributed by atoms with Crippen LogP contribution in [0.25, 0.3) is 21.8 Å². The average Bonchev–Trinajstić information content (AvgIpc) is 2.52. The summed E-state index contributed by atoms with van der Waals surface area (Å²) in [6.07, 6.45) is 1.68. The zero-order valence-electron chi connectivity index (χ0n) is 11.4. The molecule has 1 aromatic carbocycles. The molecule has 1 N–H and O–H groups in total. The van der Waals surface area contributed by atoms with Crippen molar-refractivity contribution in [1.82, 2.24) is 9.97 Å². The number of pyridine rings is 2. The molecule has 0 fully saturated rings. The first-order valence-corrected chi connectivity index (χ1v) is 7.48. The number of nitroso groups, excluding NO2 is 1. The van der Waals surface area contributed by atoms with Gasteiger partial charge in [0, 0.05) is 21.9 Å². The van der Waals surface area contributed by atoms with Gasteiger partial charge in [-0.3, -0.25) is 9.78 Å². The Morgan fingerprint density at radius 2 is 2.14 bits per heavy atom. The van der Waals surface area contributed by atoms with Crippen LogP contribution in [0.2, 0.25) is 0 Å². The third kappa shape index (κ3) is 2.75. The lowest BCUT2D eigenvalue weighted by Gasteiger charge is -2.09. The van der Waals surface area contributed by atoms with Gasteiger partial charge >= 0.3 is 5.97 Å². The predicted molar refractivity (Wildman–Crippen MR) is 84.9 cm³/mol. The summed E-state index contributed by atoms with van der Waals surface area (Å²) in [5.74, 6) is -0.961. The molecular weight excluding hydrogens is 302 g/mol. The smallest absolute Gasteiger partial charge is 0.313 e. The zero-order valence-corrected chi connectivity index (χ0v) is 12.2.